The van der Waals surface area contributed by atoms with Crippen LogP contribution in [0.5, 0.6) is 0 Å². The molecule has 0 aromatic heterocycles. The molecule has 2 aliphatic carbocycles. The van der Waals surface area contributed by atoms with Gasteiger partial charge in [0, 0.05) is 12.5 Å². The van der Waals surface area contributed by atoms with Gasteiger partial charge in [-0.3, -0.25) is 4.79 Å². The normalized spacial score (nSPS) is 35.0. The molecule has 0 bridgehead atoms. The summed E-state index contributed by atoms with van der Waals surface area (Å²) in [6.45, 7) is 0.475. The number of aliphatic hydroxyl groups is 1. The molecule has 2 aliphatic rings. The molecule has 116 valence electrons. The van der Waals surface area contributed by atoms with E-state index in [2.05, 4.69) is 5.32 Å². The van der Waals surface area contributed by atoms with E-state index in [0.29, 0.717) is 25.8 Å². The van der Waals surface area contributed by atoms with Crippen LogP contribution in [0.2, 0.25) is 0 Å². The average molecular weight is 293 g/mol. The molecule has 0 aromatic carbocycles. The number of alkyl halides is 3. The Morgan fingerprint density at radius 1 is 1.15 bits per heavy atom. The van der Waals surface area contributed by atoms with E-state index in [-0.39, 0.29) is 30.8 Å². The van der Waals surface area contributed by atoms with Gasteiger partial charge in [0.05, 0.1) is 12.0 Å². The van der Waals surface area contributed by atoms with Crippen molar-refractivity contribution in [2.24, 2.45) is 17.8 Å². The summed E-state index contributed by atoms with van der Waals surface area (Å²) >= 11 is 0. The third-order valence-corrected chi connectivity index (χ3v) is 4.59. The van der Waals surface area contributed by atoms with Crippen molar-refractivity contribution in [1.82, 2.24) is 5.32 Å². The van der Waals surface area contributed by atoms with Crippen molar-refractivity contribution in [2.45, 2.75) is 57.2 Å². The first kappa shape index (κ1) is 15.6. The largest absolute Gasteiger partial charge is 0.393 e. The zero-order valence-electron chi connectivity index (χ0n) is 11.5. The first-order valence-corrected chi connectivity index (χ1v) is 7.38. The summed E-state index contributed by atoms with van der Waals surface area (Å²) in [5, 5.41) is 12.2. The Bertz CT molecular complexity index is 346. The van der Waals surface area contributed by atoms with E-state index < -0.39 is 18.0 Å². The molecule has 2 rings (SSSR count). The van der Waals surface area contributed by atoms with Gasteiger partial charge in [0.2, 0.25) is 5.91 Å². The van der Waals surface area contributed by atoms with Crippen LogP contribution in [0.3, 0.4) is 0 Å². The van der Waals surface area contributed by atoms with Crippen LogP contribution in [0.15, 0.2) is 0 Å². The molecule has 0 aromatic rings. The lowest BCUT2D eigenvalue weighted by Gasteiger charge is -2.30. The van der Waals surface area contributed by atoms with Gasteiger partial charge in [0.1, 0.15) is 0 Å². The number of hydrogen-bond donors (Lipinski definition) is 2. The molecule has 0 heterocycles. The second kappa shape index (κ2) is 6.33. The molecule has 2 saturated carbocycles. The van der Waals surface area contributed by atoms with E-state index in [1.54, 1.807) is 0 Å². The standard InChI is InChI=1S/C14H22F3NO2/c15-14(16,17)11-3-1-2-10(7-11)13(20)18-8-9-4-5-12(19)6-9/h9-12,19H,1-8H2,(H,18,20). The molecule has 4 atom stereocenters. The van der Waals surface area contributed by atoms with E-state index >= 15 is 0 Å². The Morgan fingerprint density at radius 3 is 2.50 bits per heavy atom. The second-order valence-corrected chi connectivity index (χ2v) is 6.18. The number of hydrogen-bond acceptors (Lipinski definition) is 2. The van der Waals surface area contributed by atoms with Gasteiger partial charge in [0.15, 0.2) is 0 Å². The lowest BCUT2D eigenvalue weighted by molar-refractivity contribution is -0.186. The van der Waals surface area contributed by atoms with Gasteiger partial charge < -0.3 is 10.4 Å². The van der Waals surface area contributed by atoms with E-state index in [9.17, 15) is 23.1 Å². The van der Waals surface area contributed by atoms with Crippen molar-refractivity contribution in [3.63, 3.8) is 0 Å². The number of halogens is 3. The highest BCUT2D eigenvalue weighted by atomic mass is 19.4. The van der Waals surface area contributed by atoms with Gasteiger partial charge in [-0.2, -0.15) is 13.2 Å². The van der Waals surface area contributed by atoms with E-state index in [0.717, 1.165) is 12.8 Å². The highest BCUT2D eigenvalue weighted by Gasteiger charge is 2.43. The molecule has 3 nitrogen and oxygen atoms in total. The maximum atomic E-state index is 12.7. The molecule has 20 heavy (non-hydrogen) atoms. The maximum Gasteiger partial charge on any atom is 0.391 e. The highest BCUT2D eigenvalue weighted by molar-refractivity contribution is 5.78. The number of rotatable bonds is 3. The van der Waals surface area contributed by atoms with Crippen molar-refractivity contribution in [3.05, 3.63) is 0 Å². The Kier molecular flexibility index (Phi) is 4.94. The molecular weight excluding hydrogens is 271 g/mol. The van der Waals surface area contributed by atoms with Gasteiger partial charge in [0.25, 0.3) is 0 Å². The number of carbonyl (C=O) groups is 1. The minimum absolute atomic E-state index is 0.0807. The third-order valence-electron chi connectivity index (χ3n) is 4.59. The fraction of sp³-hybridized carbons (Fsp3) is 0.929. The van der Waals surface area contributed by atoms with Crippen molar-refractivity contribution in [1.29, 1.82) is 0 Å². The summed E-state index contributed by atoms with van der Waals surface area (Å²) in [6.07, 6.45) is -1.11. The number of aliphatic hydroxyl groups excluding tert-OH is 1. The molecular formula is C14H22F3NO2. The van der Waals surface area contributed by atoms with Crippen LogP contribution in [0.25, 0.3) is 0 Å². The molecule has 0 spiro atoms. The Morgan fingerprint density at radius 2 is 1.90 bits per heavy atom. The zero-order valence-corrected chi connectivity index (χ0v) is 11.5. The highest BCUT2D eigenvalue weighted by Crippen LogP contribution is 2.40. The van der Waals surface area contributed by atoms with Crippen molar-refractivity contribution in [3.8, 4) is 0 Å². The van der Waals surface area contributed by atoms with Gasteiger partial charge in [-0.1, -0.05) is 6.42 Å². The van der Waals surface area contributed by atoms with Crippen LogP contribution in [0, 0.1) is 17.8 Å². The molecule has 4 unspecified atom stereocenters. The molecule has 6 heteroatoms. The fourth-order valence-electron chi connectivity index (χ4n) is 3.35. The molecule has 0 radical (unpaired) electrons. The third kappa shape index (κ3) is 4.11. The van der Waals surface area contributed by atoms with E-state index in [1.807, 2.05) is 0 Å². The predicted octanol–water partition coefficient (Wildman–Crippen LogP) is 2.63. The Labute approximate surface area is 116 Å². The molecule has 1 amide bonds. The van der Waals surface area contributed by atoms with Gasteiger partial charge in [-0.15, -0.1) is 0 Å². The summed E-state index contributed by atoms with van der Waals surface area (Å²) < 4.78 is 38.1. The molecule has 2 fully saturated rings. The summed E-state index contributed by atoms with van der Waals surface area (Å²) in [7, 11) is 0. The van der Waals surface area contributed by atoms with E-state index in [1.165, 1.54) is 0 Å². The lowest BCUT2D eigenvalue weighted by atomic mass is 9.80. The van der Waals surface area contributed by atoms with Crippen LogP contribution >= 0.6 is 0 Å². The summed E-state index contributed by atoms with van der Waals surface area (Å²) in [5.74, 6) is -1.83. The monoisotopic (exact) mass is 293 g/mol. The van der Waals surface area contributed by atoms with Crippen molar-refractivity contribution < 1.29 is 23.1 Å². The van der Waals surface area contributed by atoms with Crippen LogP contribution in [0.4, 0.5) is 13.2 Å². The lowest BCUT2D eigenvalue weighted by Crippen LogP contribution is -2.38. The molecule has 0 aliphatic heterocycles. The minimum atomic E-state index is -4.19. The van der Waals surface area contributed by atoms with Crippen molar-refractivity contribution in [2.75, 3.05) is 6.54 Å². The van der Waals surface area contributed by atoms with E-state index in [4.69, 9.17) is 0 Å². The van der Waals surface area contributed by atoms with Gasteiger partial charge in [-0.05, 0) is 44.4 Å². The fourth-order valence-corrected chi connectivity index (χ4v) is 3.35. The van der Waals surface area contributed by atoms with Crippen LogP contribution in [-0.4, -0.2) is 29.8 Å². The quantitative estimate of drug-likeness (QED) is 0.840. The van der Waals surface area contributed by atoms with Crippen molar-refractivity contribution >= 4 is 5.91 Å². The predicted molar refractivity (Wildman–Crippen MR) is 67.9 cm³/mol. The van der Waals surface area contributed by atoms with Gasteiger partial charge >= 0.3 is 6.18 Å². The van der Waals surface area contributed by atoms with Crippen LogP contribution in [0.1, 0.15) is 44.9 Å². The summed E-state index contributed by atoms with van der Waals surface area (Å²) in [6, 6.07) is 0. The Balaban J connectivity index is 1.77. The average Bonchev–Trinajstić information content (AvgIpc) is 2.81. The number of amides is 1. The minimum Gasteiger partial charge on any atom is -0.393 e. The van der Waals surface area contributed by atoms with Gasteiger partial charge in [-0.25, -0.2) is 0 Å². The smallest absolute Gasteiger partial charge is 0.391 e. The molecule has 0 saturated heterocycles. The Hall–Kier alpha value is -0.780. The maximum absolute atomic E-state index is 12.7. The second-order valence-electron chi connectivity index (χ2n) is 6.18. The molecule has 2 N–H and O–H groups in total. The topological polar surface area (TPSA) is 49.3 Å². The zero-order chi connectivity index (χ0) is 14.8. The van der Waals surface area contributed by atoms with Crippen LogP contribution < -0.4 is 5.32 Å². The SMILES string of the molecule is O=C(NCC1CCC(O)C1)C1CCCC(C(F)(F)F)C1. The number of carbonyl (C=O) groups excluding carboxylic acids is 1. The first-order valence-electron chi connectivity index (χ1n) is 7.38. The first-order chi connectivity index (χ1) is 9.36. The summed E-state index contributed by atoms with van der Waals surface area (Å²) in [4.78, 5) is 12.0. The summed E-state index contributed by atoms with van der Waals surface area (Å²) in [5.41, 5.74) is 0. The van der Waals surface area contributed by atoms with Crippen LogP contribution in [-0.2, 0) is 4.79 Å². The number of nitrogens with one attached hydrogen (secondary N) is 1.